The zero-order valence-electron chi connectivity index (χ0n) is 14.1. The summed E-state index contributed by atoms with van der Waals surface area (Å²) in [6.45, 7) is 3.25. The molecule has 25 heavy (non-hydrogen) atoms. The quantitative estimate of drug-likeness (QED) is 0.750. The number of hydrogen-bond acceptors (Lipinski definition) is 4. The second kappa shape index (κ2) is 8.06. The van der Waals surface area contributed by atoms with Crippen LogP contribution in [0.4, 0.5) is 11.4 Å². The summed E-state index contributed by atoms with van der Waals surface area (Å²) >= 11 is 0. The number of carbonyl (C=O) groups excluding carboxylic acids is 1. The maximum absolute atomic E-state index is 12.4. The number of benzene rings is 1. The molecule has 1 N–H and O–H groups in total. The zero-order chi connectivity index (χ0) is 17.5. The van der Waals surface area contributed by atoms with Gasteiger partial charge in [0.05, 0.1) is 12.2 Å². The van der Waals surface area contributed by atoms with Crippen LogP contribution in [0.25, 0.3) is 0 Å². The van der Waals surface area contributed by atoms with E-state index >= 15 is 0 Å². The minimum absolute atomic E-state index is 0.211. The highest BCUT2D eigenvalue weighted by atomic mass is 16.1. The smallest absolute Gasteiger partial charge is 0.270 e. The molecule has 0 aliphatic rings. The molecular formula is C20H20N4O. The van der Waals surface area contributed by atoms with Gasteiger partial charge in [-0.3, -0.25) is 14.8 Å². The summed E-state index contributed by atoms with van der Waals surface area (Å²) < 4.78 is 0. The number of para-hydroxylation sites is 1. The predicted molar refractivity (Wildman–Crippen MR) is 98.8 cm³/mol. The Morgan fingerprint density at radius 3 is 2.48 bits per heavy atom. The summed E-state index contributed by atoms with van der Waals surface area (Å²) in [6, 6.07) is 19.4. The van der Waals surface area contributed by atoms with E-state index in [1.807, 2.05) is 60.7 Å². The number of nitrogens with one attached hydrogen (secondary N) is 1. The molecule has 0 aliphatic carbocycles. The summed E-state index contributed by atoms with van der Waals surface area (Å²) in [7, 11) is 0. The molecule has 3 rings (SSSR count). The highest BCUT2D eigenvalue weighted by Gasteiger charge is 2.12. The molecule has 0 bridgehead atoms. The maximum atomic E-state index is 12.4. The van der Waals surface area contributed by atoms with Gasteiger partial charge in [-0.25, -0.2) is 0 Å². The maximum Gasteiger partial charge on any atom is 0.270 e. The Labute approximate surface area is 147 Å². The molecule has 126 valence electrons. The third kappa shape index (κ3) is 4.20. The average Bonchev–Trinajstić information content (AvgIpc) is 2.69. The van der Waals surface area contributed by atoms with E-state index in [9.17, 15) is 4.79 Å². The third-order valence-corrected chi connectivity index (χ3v) is 3.83. The van der Waals surface area contributed by atoms with Crippen molar-refractivity contribution in [2.24, 2.45) is 0 Å². The minimum Gasteiger partial charge on any atom is -0.345 e. The number of pyridine rings is 2. The molecule has 0 spiro atoms. The van der Waals surface area contributed by atoms with Gasteiger partial charge in [0.25, 0.3) is 5.91 Å². The van der Waals surface area contributed by atoms with Crippen molar-refractivity contribution >= 4 is 17.3 Å². The van der Waals surface area contributed by atoms with Crippen LogP contribution in [0.3, 0.4) is 0 Å². The fraction of sp³-hybridized carbons (Fsp3) is 0.150. The zero-order valence-corrected chi connectivity index (χ0v) is 14.1. The van der Waals surface area contributed by atoms with Gasteiger partial charge in [-0.2, -0.15) is 0 Å². The third-order valence-electron chi connectivity index (χ3n) is 3.83. The molecule has 2 aromatic heterocycles. The number of anilines is 2. The minimum atomic E-state index is -0.211. The van der Waals surface area contributed by atoms with Crippen molar-refractivity contribution in [3.63, 3.8) is 0 Å². The van der Waals surface area contributed by atoms with E-state index < -0.39 is 0 Å². The van der Waals surface area contributed by atoms with Gasteiger partial charge in [-0.05, 0) is 43.3 Å². The molecule has 3 aromatic rings. The van der Waals surface area contributed by atoms with Crippen LogP contribution < -0.4 is 10.2 Å². The SMILES string of the molecule is CCN(c1ccccc1)c1ccnc(C(=O)NCc2ccccn2)c1. The molecule has 2 heterocycles. The molecule has 0 aliphatic heterocycles. The van der Waals surface area contributed by atoms with E-state index in [1.54, 1.807) is 12.4 Å². The van der Waals surface area contributed by atoms with E-state index in [2.05, 4.69) is 27.1 Å². The molecule has 1 amide bonds. The topological polar surface area (TPSA) is 58.1 Å². The van der Waals surface area contributed by atoms with Gasteiger partial charge in [0.2, 0.25) is 0 Å². The van der Waals surface area contributed by atoms with Crippen LogP contribution in [0.15, 0.2) is 73.1 Å². The van der Waals surface area contributed by atoms with E-state index in [-0.39, 0.29) is 5.91 Å². The Hall–Kier alpha value is -3.21. The van der Waals surface area contributed by atoms with Crippen LogP contribution in [0.1, 0.15) is 23.1 Å². The molecule has 5 nitrogen and oxygen atoms in total. The van der Waals surface area contributed by atoms with E-state index in [0.717, 1.165) is 23.6 Å². The number of aromatic nitrogens is 2. The van der Waals surface area contributed by atoms with Crippen molar-refractivity contribution in [3.8, 4) is 0 Å². The average molecular weight is 332 g/mol. The van der Waals surface area contributed by atoms with Crippen LogP contribution in [-0.2, 0) is 6.54 Å². The Morgan fingerprint density at radius 1 is 0.960 bits per heavy atom. The highest BCUT2D eigenvalue weighted by Crippen LogP contribution is 2.24. The van der Waals surface area contributed by atoms with Crippen molar-refractivity contribution in [1.29, 1.82) is 0 Å². The predicted octanol–water partition coefficient (Wildman–Crippen LogP) is 3.56. The Bertz CT molecular complexity index is 821. The Morgan fingerprint density at radius 2 is 1.76 bits per heavy atom. The van der Waals surface area contributed by atoms with Gasteiger partial charge in [0.15, 0.2) is 0 Å². The monoisotopic (exact) mass is 332 g/mol. The molecular weight excluding hydrogens is 312 g/mol. The van der Waals surface area contributed by atoms with E-state index in [4.69, 9.17) is 0 Å². The molecule has 0 saturated heterocycles. The summed E-state index contributed by atoms with van der Waals surface area (Å²) in [4.78, 5) is 22.9. The normalized spacial score (nSPS) is 10.3. The first kappa shape index (κ1) is 16.6. The largest absolute Gasteiger partial charge is 0.345 e. The van der Waals surface area contributed by atoms with Crippen molar-refractivity contribution in [2.45, 2.75) is 13.5 Å². The molecule has 5 heteroatoms. The fourth-order valence-electron chi connectivity index (χ4n) is 2.60. The van der Waals surface area contributed by atoms with Crippen LogP contribution in [0.2, 0.25) is 0 Å². The second-order valence-corrected chi connectivity index (χ2v) is 5.48. The number of amides is 1. The lowest BCUT2D eigenvalue weighted by atomic mass is 10.2. The second-order valence-electron chi connectivity index (χ2n) is 5.48. The summed E-state index contributed by atoms with van der Waals surface area (Å²) in [6.07, 6.45) is 3.37. The number of rotatable bonds is 6. The molecule has 0 radical (unpaired) electrons. The van der Waals surface area contributed by atoms with Gasteiger partial charge in [-0.15, -0.1) is 0 Å². The van der Waals surface area contributed by atoms with Crippen molar-refractivity contribution in [1.82, 2.24) is 15.3 Å². The van der Waals surface area contributed by atoms with Gasteiger partial charge in [-0.1, -0.05) is 24.3 Å². The van der Waals surface area contributed by atoms with Crippen molar-refractivity contribution < 1.29 is 4.79 Å². The first-order valence-corrected chi connectivity index (χ1v) is 8.24. The molecule has 0 atom stereocenters. The summed E-state index contributed by atoms with van der Waals surface area (Å²) in [5.41, 5.74) is 3.22. The highest BCUT2D eigenvalue weighted by molar-refractivity contribution is 5.93. The van der Waals surface area contributed by atoms with E-state index in [1.165, 1.54) is 0 Å². The van der Waals surface area contributed by atoms with Gasteiger partial charge >= 0.3 is 0 Å². The van der Waals surface area contributed by atoms with Crippen LogP contribution in [0, 0.1) is 0 Å². The number of carbonyl (C=O) groups is 1. The lowest BCUT2D eigenvalue weighted by Crippen LogP contribution is -2.25. The Balaban J connectivity index is 1.75. The fourth-order valence-corrected chi connectivity index (χ4v) is 2.60. The lowest BCUT2D eigenvalue weighted by molar-refractivity contribution is 0.0945. The number of hydrogen-bond donors (Lipinski definition) is 1. The first-order valence-electron chi connectivity index (χ1n) is 8.24. The van der Waals surface area contributed by atoms with Crippen LogP contribution in [0.5, 0.6) is 0 Å². The standard InChI is InChI=1S/C20H20N4O/c1-2-24(17-9-4-3-5-10-17)18-11-13-22-19(14-18)20(25)23-15-16-8-6-7-12-21-16/h3-14H,2,15H2,1H3,(H,23,25). The van der Waals surface area contributed by atoms with Gasteiger partial charge in [0, 0.05) is 30.3 Å². The summed E-state index contributed by atoms with van der Waals surface area (Å²) in [5, 5.41) is 2.86. The first-order chi connectivity index (χ1) is 12.3. The molecule has 0 saturated carbocycles. The lowest BCUT2D eigenvalue weighted by Gasteiger charge is -2.23. The van der Waals surface area contributed by atoms with Gasteiger partial charge < -0.3 is 10.2 Å². The van der Waals surface area contributed by atoms with E-state index in [0.29, 0.717) is 12.2 Å². The molecule has 0 fully saturated rings. The van der Waals surface area contributed by atoms with Crippen molar-refractivity contribution in [3.05, 3.63) is 84.4 Å². The number of nitrogens with zero attached hydrogens (tertiary/aromatic N) is 3. The van der Waals surface area contributed by atoms with Crippen LogP contribution in [-0.4, -0.2) is 22.4 Å². The van der Waals surface area contributed by atoms with Crippen molar-refractivity contribution in [2.75, 3.05) is 11.4 Å². The summed E-state index contributed by atoms with van der Waals surface area (Å²) in [5.74, 6) is -0.211. The molecule has 1 aromatic carbocycles. The molecule has 0 unspecified atom stereocenters. The Kier molecular flexibility index (Phi) is 5.36. The van der Waals surface area contributed by atoms with Gasteiger partial charge in [0.1, 0.15) is 5.69 Å². The van der Waals surface area contributed by atoms with Crippen LogP contribution >= 0.6 is 0 Å².